The highest BCUT2D eigenvalue weighted by Crippen LogP contribution is 2.51. The summed E-state index contributed by atoms with van der Waals surface area (Å²) in [4.78, 5) is 0. The van der Waals surface area contributed by atoms with E-state index in [1.54, 1.807) is 7.11 Å². The van der Waals surface area contributed by atoms with Gasteiger partial charge >= 0.3 is 0 Å². The molecule has 0 spiro atoms. The molecule has 3 heteroatoms. The molecule has 1 N–H and O–H groups in total. The van der Waals surface area contributed by atoms with Crippen molar-refractivity contribution < 1.29 is 14.6 Å². The third kappa shape index (κ3) is 1.49. The fourth-order valence-corrected chi connectivity index (χ4v) is 1.67. The lowest BCUT2D eigenvalue weighted by atomic mass is 10.1. The van der Waals surface area contributed by atoms with E-state index >= 15 is 0 Å². The Morgan fingerprint density at radius 2 is 1.93 bits per heavy atom. The van der Waals surface area contributed by atoms with Gasteiger partial charge in [-0.1, -0.05) is 12.1 Å². The van der Waals surface area contributed by atoms with Gasteiger partial charge in [-0.2, -0.15) is 0 Å². The maximum Gasteiger partial charge on any atom is 0.172 e. The van der Waals surface area contributed by atoms with Gasteiger partial charge in [0.1, 0.15) is 5.75 Å². The number of hydrogen-bond donors (Lipinski definition) is 1. The van der Waals surface area contributed by atoms with Crippen LogP contribution in [0.4, 0.5) is 0 Å². The SMILES string of the molecule is COc1ccc([C@@H]2C[C@]2(O)OC)cc1. The van der Waals surface area contributed by atoms with Crippen LogP contribution in [0.25, 0.3) is 0 Å². The maximum atomic E-state index is 9.72. The fourth-order valence-electron chi connectivity index (χ4n) is 1.67. The number of aliphatic hydroxyl groups is 1. The summed E-state index contributed by atoms with van der Waals surface area (Å²) in [6, 6.07) is 7.70. The summed E-state index contributed by atoms with van der Waals surface area (Å²) in [5.41, 5.74) is 1.09. The molecule has 3 nitrogen and oxygen atoms in total. The minimum atomic E-state index is -0.936. The zero-order valence-electron chi connectivity index (χ0n) is 8.36. The van der Waals surface area contributed by atoms with Gasteiger partial charge < -0.3 is 14.6 Å². The molecule has 0 aromatic heterocycles. The standard InChI is InChI=1S/C11H14O3/c1-13-9-5-3-8(4-6-9)10-7-11(10,12)14-2/h3-6,10,12H,7H2,1-2H3/t10-,11-/m0/s1. The molecule has 0 saturated heterocycles. The van der Waals surface area contributed by atoms with Crippen LogP contribution in [-0.2, 0) is 4.74 Å². The Kier molecular flexibility index (Phi) is 2.21. The summed E-state index contributed by atoms with van der Waals surface area (Å²) >= 11 is 0. The van der Waals surface area contributed by atoms with E-state index in [-0.39, 0.29) is 5.92 Å². The maximum absolute atomic E-state index is 9.72. The lowest BCUT2D eigenvalue weighted by molar-refractivity contribution is -0.105. The number of methoxy groups -OCH3 is 2. The molecule has 1 aliphatic carbocycles. The van der Waals surface area contributed by atoms with E-state index in [9.17, 15) is 5.11 Å². The summed E-state index contributed by atoms with van der Waals surface area (Å²) in [6.45, 7) is 0. The Bertz CT molecular complexity index is 320. The van der Waals surface area contributed by atoms with Crippen molar-refractivity contribution in [2.24, 2.45) is 0 Å². The van der Waals surface area contributed by atoms with Crippen LogP contribution in [0.1, 0.15) is 17.9 Å². The van der Waals surface area contributed by atoms with Crippen molar-refractivity contribution in [3.63, 3.8) is 0 Å². The molecule has 2 atom stereocenters. The third-order valence-electron chi connectivity index (χ3n) is 2.75. The Morgan fingerprint density at radius 1 is 1.29 bits per heavy atom. The molecule has 76 valence electrons. The average molecular weight is 194 g/mol. The van der Waals surface area contributed by atoms with Crippen LogP contribution in [-0.4, -0.2) is 25.1 Å². The van der Waals surface area contributed by atoms with Gasteiger partial charge in [-0.05, 0) is 17.7 Å². The zero-order chi connectivity index (χ0) is 10.2. The molecule has 2 rings (SSSR count). The van der Waals surface area contributed by atoms with Crippen LogP contribution in [0.5, 0.6) is 5.75 Å². The molecule has 1 aromatic carbocycles. The third-order valence-corrected chi connectivity index (χ3v) is 2.75. The van der Waals surface area contributed by atoms with Crippen LogP contribution in [0.15, 0.2) is 24.3 Å². The van der Waals surface area contributed by atoms with Gasteiger partial charge in [0.25, 0.3) is 0 Å². The van der Waals surface area contributed by atoms with Crippen LogP contribution < -0.4 is 4.74 Å². The van der Waals surface area contributed by atoms with E-state index in [1.807, 2.05) is 24.3 Å². The van der Waals surface area contributed by atoms with Crippen molar-refractivity contribution in [3.05, 3.63) is 29.8 Å². The fraction of sp³-hybridized carbons (Fsp3) is 0.455. The predicted octanol–water partition coefficient (Wildman–Crippen LogP) is 1.52. The average Bonchev–Trinajstić information content (AvgIpc) is 2.92. The van der Waals surface area contributed by atoms with Crippen molar-refractivity contribution >= 4 is 0 Å². The Morgan fingerprint density at radius 3 is 2.36 bits per heavy atom. The van der Waals surface area contributed by atoms with E-state index in [0.29, 0.717) is 6.42 Å². The van der Waals surface area contributed by atoms with Crippen LogP contribution >= 0.6 is 0 Å². The molecule has 1 fully saturated rings. The first kappa shape index (κ1) is 9.49. The molecule has 0 amide bonds. The highest BCUT2D eigenvalue weighted by molar-refractivity contribution is 5.34. The molecule has 1 aromatic rings. The van der Waals surface area contributed by atoms with Crippen molar-refractivity contribution in [1.29, 1.82) is 0 Å². The van der Waals surface area contributed by atoms with Gasteiger partial charge in [0.05, 0.1) is 7.11 Å². The van der Waals surface area contributed by atoms with E-state index in [2.05, 4.69) is 0 Å². The molecular formula is C11H14O3. The van der Waals surface area contributed by atoms with Crippen LogP contribution in [0.2, 0.25) is 0 Å². The highest BCUT2D eigenvalue weighted by Gasteiger charge is 2.54. The van der Waals surface area contributed by atoms with E-state index in [1.165, 1.54) is 7.11 Å². The molecule has 1 saturated carbocycles. The Hall–Kier alpha value is -1.06. The van der Waals surface area contributed by atoms with Gasteiger partial charge in [0.15, 0.2) is 5.79 Å². The van der Waals surface area contributed by atoms with E-state index in [0.717, 1.165) is 11.3 Å². The smallest absolute Gasteiger partial charge is 0.172 e. The first-order valence-corrected chi connectivity index (χ1v) is 4.61. The Labute approximate surface area is 83.3 Å². The molecule has 0 bridgehead atoms. The summed E-state index contributed by atoms with van der Waals surface area (Å²) in [6.07, 6.45) is 0.676. The van der Waals surface area contributed by atoms with Crippen molar-refractivity contribution in [1.82, 2.24) is 0 Å². The number of ether oxygens (including phenoxy) is 2. The summed E-state index contributed by atoms with van der Waals surface area (Å²) in [5, 5.41) is 9.72. The van der Waals surface area contributed by atoms with E-state index < -0.39 is 5.79 Å². The van der Waals surface area contributed by atoms with E-state index in [4.69, 9.17) is 9.47 Å². The predicted molar refractivity (Wildman–Crippen MR) is 52.3 cm³/mol. The topological polar surface area (TPSA) is 38.7 Å². The highest BCUT2D eigenvalue weighted by atomic mass is 16.6. The largest absolute Gasteiger partial charge is 0.497 e. The number of benzene rings is 1. The lowest BCUT2D eigenvalue weighted by Gasteiger charge is -2.08. The minimum absolute atomic E-state index is 0.110. The van der Waals surface area contributed by atoms with Gasteiger partial charge in [-0.15, -0.1) is 0 Å². The van der Waals surface area contributed by atoms with Crippen molar-refractivity contribution in [2.45, 2.75) is 18.1 Å². The molecule has 1 aliphatic rings. The molecule has 0 aliphatic heterocycles. The van der Waals surface area contributed by atoms with Gasteiger partial charge in [-0.25, -0.2) is 0 Å². The summed E-state index contributed by atoms with van der Waals surface area (Å²) in [5.74, 6) is 0.00275. The second-order valence-electron chi connectivity index (χ2n) is 3.58. The molecule has 0 radical (unpaired) electrons. The zero-order valence-corrected chi connectivity index (χ0v) is 8.36. The molecular weight excluding hydrogens is 180 g/mol. The molecule has 0 heterocycles. The van der Waals surface area contributed by atoms with Crippen molar-refractivity contribution in [3.8, 4) is 5.75 Å². The molecule has 14 heavy (non-hydrogen) atoms. The first-order chi connectivity index (χ1) is 6.69. The molecule has 0 unspecified atom stereocenters. The van der Waals surface area contributed by atoms with Crippen LogP contribution in [0, 0.1) is 0 Å². The lowest BCUT2D eigenvalue weighted by Crippen LogP contribution is -2.12. The van der Waals surface area contributed by atoms with Crippen molar-refractivity contribution in [2.75, 3.05) is 14.2 Å². The quantitative estimate of drug-likeness (QED) is 0.741. The monoisotopic (exact) mass is 194 g/mol. The first-order valence-electron chi connectivity index (χ1n) is 4.61. The Balaban J connectivity index is 2.12. The summed E-state index contributed by atoms with van der Waals surface area (Å²) in [7, 11) is 3.17. The second kappa shape index (κ2) is 3.26. The minimum Gasteiger partial charge on any atom is -0.497 e. The van der Waals surface area contributed by atoms with Gasteiger partial charge in [0.2, 0.25) is 0 Å². The van der Waals surface area contributed by atoms with Gasteiger partial charge in [-0.3, -0.25) is 0 Å². The second-order valence-corrected chi connectivity index (χ2v) is 3.58. The summed E-state index contributed by atoms with van der Waals surface area (Å²) < 4.78 is 10.1. The number of hydrogen-bond acceptors (Lipinski definition) is 3. The number of rotatable bonds is 3. The van der Waals surface area contributed by atoms with Gasteiger partial charge in [0, 0.05) is 19.4 Å². The normalized spacial score (nSPS) is 30.1. The van der Waals surface area contributed by atoms with Crippen LogP contribution in [0.3, 0.4) is 0 Å².